The normalized spacial score (nSPS) is 10.0. The van der Waals surface area contributed by atoms with Gasteiger partial charge >= 0.3 is 5.97 Å². The number of carboxylic acids is 1. The second kappa shape index (κ2) is 4.67. The van der Waals surface area contributed by atoms with Crippen LogP contribution < -0.4 is 0 Å². The van der Waals surface area contributed by atoms with Crippen LogP contribution in [0.1, 0.15) is 27.3 Å². The van der Waals surface area contributed by atoms with E-state index in [2.05, 4.69) is 10.3 Å². The lowest BCUT2D eigenvalue weighted by molar-refractivity contribution is 0.0697. The highest BCUT2D eigenvalue weighted by molar-refractivity contribution is 5.87. The largest absolute Gasteiger partial charge is 0.478 e. The number of carbonyl (C=O) groups is 1. The second-order valence-corrected chi connectivity index (χ2v) is 3.79. The Kier molecular flexibility index (Phi) is 3.06. The molecule has 90 valence electrons. The van der Waals surface area contributed by atoms with Gasteiger partial charge in [0, 0.05) is 0 Å². The van der Waals surface area contributed by atoms with Crippen molar-refractivity contribution in [2.24, 2.45) is 0 Å². The quantitative estimate of drug-likeness (QED) is 0.873. The van der Waals surface area contributed by atoms with Crippen LogP contribution in [0.4, 0.5) is 0 Å². The summed E-state index contributed by atoms with van der Waals surface area (Å²) >= 11 is 0. The lowest BCUT2D eigenvalue weighted by Gasteiger charge is -2.03. The van der Waals surface area contributed by atoms with E-state index in [4.69, 9.17) is 10.4 Å². The van der Waals surface area contributed by atoms with E-state index < -0.39 is 5.97 Å². The average Bonchev–Trinajstić information content (AvgIpc) is 2.71. The molecule has 6 nitrogen and oxygen atoms in total. The maximum atomic E-state index is 10.7. The van der Waals surface area contributed by atoms with E-state index in [1.807, 2.05) is 6.07 Å². The molecular weight excluding hydrogens is 232 g/mol. The number of hydrogen-bond acceptors (Lipinski definition) is 4. The van der Waals surface area contributed by atoms with Gasteiger partial charge in [-0.25, -0.2) is 9.48 Å². The predicted octanol–water partition coefficient (Wildman–Crippen LogP) is 1.20. The number of nitriles is 1. The Bertz CT molecular complexity index is 623. The molecule has 1 aromatic carbocycles. The first-order valence-corrected chi connectivity index (χ1v) is 5.24. The minimum Gasteiger partial charge on any atom is -0.478 e. The van der Waals surface area contributed by atoms with Crippen molar-refractivity contribution in [1.82, 2.24) is 15.0 Å². The highest BCUT2D eigenvalue weighted by Gasteiger charge is 2.08. The van der Waals surface area contributed by atoms with Gasteiger partial charge in [0.25, 0.3) is 0 Å². The van der Waals surface area contributed by atoms with Crippen molar-refractivity contribution in [3.63, 3.8) is 0 Å². The van der Waals surface area contributed by atoms with Crippen LogP contribution in [-0.2, 0) is 6.54 Å². The summed E-state index contributed by atoms with van der Waals surface area (Å²) in [6.07, 6.45) is 0. The van der Waals surface area contributed by atoms with Crippen LogP contribution in [0.2, 0.25) is 0 Å². The summed E-state index contributed by atoms with van der Waals surface area (Å²) in [5.41, 5.74) is 2.14. The maximum absolute atomic E-state index is 10.7. The van der Waals surface area contributed by atoms with Gasteiger partial charge in [-0.1, -0.05) is 17.3 Å². The number of nitrogens with zero attached hydrogens (tertiary/aromatic N) is 4. The van der Waals surface area contributed by atoms with E-state index in [1.54, 1.807) is 23.7 Å². The van der Waals surface area contributed by atoms with Crippen LogP contribution in [0.3, 0.4) is 0 Å². The number of benzene rings is 1. The van der Waals surface area contributed by atoms with E-state index in [9.17, 15) is 4.79 Å². The Balaban J connectivity index is 2.21. The van der Waals surface area contributed by atoms with Crippen molar-refractivity contribution in [1.29, 1.82) is 5.26 Å². The van der Waals surface area contributed by atoms with Crippen LogP contribution in [0.25, 0.3) is 0 Å². The lowest BCUT2D eigenvalue weighted by atomic mass is 10.1. The summed E-state index contributed by atoms with van der Waals surface area (Å²) in [7, 11) is 0. The topological polar surface area (TPSA) is 91.8 Å². The third-order valence-electron chi connectivity index (χ3n) is 2.62. The van der Waals surface area contributed by atoms with E-state index in [-0.39, 0.29) is 5.56 Å². The molecule has 0 amide bonds. The minimum atomic E-state index is -0.953. The van der Waals surface area contributed by atoms with Crippen molar-refractivity contribution in [2.75, 3.05) is 0 Å². The molecule has 0 aliphatic heterocycles. The summed E-state index contributed by atoms with van der Waals surface area (Å²) in [5, 5.41) is 25.1. The first kappa shape index (κ1) is 11.8. The van der Waals surface area contributed by atoms with Gasteiger partial charge in [0.05, 0.1) is 17.8 Å². The number of hydrogen-bond donors (Lipinski definition) is 1. The average molecular weight is 242 g/mol. The zero-order valence-corrected chi connectivity index (χ0v) is 9.66. The van der Waals surface area contributed by atoms with Crippen molar-refractivity contribution in [3.8, 4) is 6.07 Å². The predicted molar refractivity (Wildman–Crippen MR) is 62.0 cm³/mol. The van der Waals surface area contributed by atoms with Crippen LogP contribution in [-0.4, -0.2) is 26.1 Å². The molecule has 0 radical (unpaired) electrons. The van der Waals surface area contributed by atoms with Gasteiger partial charge in [0.2, 0.25) is 0 Å². The van der Waals surface area contributed by atoms with Gasteiger partial charge in [0.1, 0.15) is 6.07 Å². The smallest absolute Gasteiger partial charge is 0.335 e. The molecule has 0 fully saturated rings. The first-order chi connectivity index (χ1) is 8.61. The fourth-order valence-electron chi connectivity index (χ4n) is 1.54. The summed E-state index contributed by atoms with van der Waals surface area (Å²) in [4.78, 5) is 10.7. The lowest BCUT2D eigenvalue weighted by Crippen LogP contribution is -2.05. The van der Waals surface area contributed by atoms with Crippen molar-refractivity contribution in [3.05, 3.63) is 46.8 Å². The molecule has 0 unspecified atom stereocenters. The van der Waals surface area contributed by atoms with E-state index in [0.29, 0.717) is 17.9 Å². The fourth-order valence-corrected chi connectivity index (χ4v) is 1.54. The molecular formula is C12H10N4O2. The third-order valence-corrected chi connectivity index (χ3v) is 2.62. The minimum absolute atomic E-state index is 0.242. The molecule has 0 aliphatic rings. The van der Waals surface area contributed by atoms with Crippen LogP contribution in [0.15, 0.2) is 24.3 Å². The molecule has 6 heteroatoms. The van der Waals surface area contributed by atoms with Gasteiger partial charge in [0.15, 0.2) is 5.69 Å². The molecule has 0 saturated carbocycles. The summed E-state index contributed by atoms with van der Waals surface area (Å²) in [6, 6.07) is 8.46. The van der Waals surface area contributed by atoms with Crippen LogP contribution in [0, 0.1) is 18.3 Å². The summed E-state index contributed by atoms with van der Waals surface area (Å²) < 4.78 is 1.61. The van der Waals surface area contributed by atoms with Gasteiger partial charge in [-0.05, 0) is 24.6 Å². The van der Waals surface area contributed by atoms with Gasteiger partial charge in [-0.3, -0.25) is 0 Å². The highest BCUT2D eigenvalue weighted by Crippen LogP contribution is 2.09. The monoisotopic (exact) mass is 242 g/mol. The number of carboxylic acid groups (broad SMARTS) is 1. The highest BCUT2D eigenvalue weighted by atomic mass is 16.4. The first-order valence-electron chi connectivity index (χ1n) is 5.24. The van der Waals surface area contributed by atoms with Gasteiger partial charge in [-0.2, -0.15) is 5.26 Å². The summed E-state index contributed by atoms with van der Waals surface area (Å²) in [6.45, 7) is 2.23. The molecule has 1 aromatic heterocycles. The molecule has 1 heterocycles. The summed E-state index contributed by atoms with van der Waals surface area (Å²) in [5.74, 6) is -0.953. The standard InChI is InChI=1S/C12H10N4O2/c1-8-11(6-13)14-15-16(8)7-9-2-4-10(5-3-9)12(17)18/h2-5H,7H2,1H3,(H,17,18). The Morgan fingerprint density at radius 2 is 2.11 bits per heavy atom. The van der Waals surface area contributed by atoms with Crippen molar-refractivity contribution >= 4 is 5.97 Å². The molecule has 0 bridgehead atoms. The molecule has 0 atom stereocenters. The van der Waals surface area contributed by atoms with E-state index in [1.165, 1.54) is 12.1 Å². The molecule has 0 spiro atoms. The fraction of sp³-hybridized carbons (Fsp3) is 0.167. The number of aromatic carboxylic acids is 1. The number of aromatic nitrogens is 3. The van der Waals surface area contributed by atoms with E-state index >= 15 is 0 Å². The Labute approximate surface area is 103 Å². The van der Waals surface area contributed by atoms with Gasteiger partial charge < -0.3 is 5.11 Å². The maximum Gasteiger partial charge on any atom is 0.335 e. The van der Waals surface area contributed by atoms with Crippen LogP contribution in [0.5, 0.6) is 0 Å². The Hall–Kier alpha value is -2.68. The van der Waals surface area contributed by atoms with E-state index in [0.717, 1.165) is 5.56 Å². The molecule has 0 aliphatic carbocycles. The Morgan fingerprint density at radius 1 is 1.44 bits per heavy atom. The third kappa shape index (κ3) is 2.20. The second-order valence-electron chi connectivity index (χ2n) is 3.79. The van der Waals surface area contributed by atoms with Crippen LogP contribution >= 0.6 is 0 Å². The molecule has 1 N–H and O–H groups in total. The number of rotatable bonds is 3. The van der Waals surface area contributed by atoms with Gasteiger partial charge in [-0.15, -0.1) is 5.10 Å². The zero-order chi connectivity index (χ0) is 13.1. The zero-order valence-electron chi connectivity index (χ0n) is 9.66. The molecule has 2 rings (SSSR count). The van der Waals surface area contributed by atoms with Crippen molar-refractivity contribution < 1.29 is 9.90 Å². The molecule has 18 heavy (non-hydrogen) atoms. The Morgan fingerprint density at radius 3 is 2.61 bits per heavy atom. The SMILES string of the molecule is Cc1c(C#N)nnn1Cc1ccc(C(=O)O)cc1. The van der Waals surface area contributed by atoms with Crippen molar-refractivity contribution in [2.45, 2.75) is 13.5 Å². The molecule has 0 saturated heterocycles. The molecule has 2 aromatic rings.